The van der Waals surface area contributed by atoms with Gasteiger partial charge in [0.2, 0.25) is 0 Å². The van der Waals surface area contributed by atoms with Gasteiger partial charge in [-0.05, 0) is 6.92 Å². The van der Waals surface area contributed by atoms with E-state index >= 15 is 0 Å². The molecule has 1 N–H and O–H groups in total. The van der Waals surface area contributed by atoms with Crippen LogP contribution in [-0.4, -0.2) is 31.7 Å². The van der Waals surface area contributed by atoms with Crippen molar-refractivity contribution in [1.29, 1.82) is 0 Å². The highest BCUT2D eigenvalue weighted by atomic mass is 16.7. The monoisotopic (exact) mass is 174 g/mol. The van der Waals surface area contributed by atoms with Crippen LogP contribution in [0.5, 0.6) is 0 Å². The molecule has 0 spiro atoms. The zero-order valence-corrected chi connectivity index (χ0v) is 8.15. The molecular formula is C9H18O3. The van der Waals surface area contributed by atoms with Gasteiger partial charge in [-0.15, -0.1) is 0 Å². The van der Waals surface area contributed by atoms with Crippen LogP contribution in [0.3, 0.4) is 0 Å². The van der Waals surface area contributed by atoms with Gasteiger partial charge in [-0.2, -0.15) is 0 Å². The molecule has 3 nitrogen and oxygen atoms in total. The van der Waals surface area contributed by atoms with Crippen molar-refractivity contribution < 1.29 is 14.6 Å². The third kappa shape index (κ3) is 3.34. The van der Waals surface area contributed by atoms with Gasteiger partial charge in [-0.3, -0.25) is 0 Å². The van der Waals surface area contributed by atoms with Gasteiger partial charge in [0, 0.05) is 20.1 Å². The Morgan fingerprint density at radius 1 is 1.25 bits per heavy atom. The van der Waals surface area contributed by atoms with Gasteiger partial charge in [-0.25, -0.2) is 0 Å². The highest BCUT2D eigenvalue weighted by Gasteiger charge is 2.21. The largest absolute Gasteiger partial charge is 0.389 e. The van der Waals surface area contributed by atoms with E-state index in [1.54, 1.807) is 20.3 Å². The molecule has 0 radical (unpaired) electrons. The summed E-state index contributed by atoms with van der Waals surface area (Å²) in [4.78, 5) is 0. The predicted octanol–water partition coefficient (Wildman–Crippen LogP) is 1.18. The van der Waals surface area contributed by atoms with Gasteiger partial charge in [0.1, 0.15) is 0 Å². The van der Waals surface area contributed by atoms with Gasteiger partial charge in [0.25, 0.3) is 0 Å². The van der Waals surface area contributed by atoms with Crippen molar-refractivity contribution in [3.05, 3.63) is 12.2 Å². The summed E-state index contributed by atoms with van der Waals surface area (Å²) in [5.74, 6) is -0.0591. The summed E-state index contributed by atoms with van der Waals surface area (Å²) >= 11 is 0. The molecule has 0 aliphatic carbocycles. The highest BCUT2D eigenvalue weighted by molar-refractivity contribution is 4.89. The van der Waals surface area contributed by atoms with Gasteiger partial charge in [0.05, 0.1) is 6.10 Å². The van der Waals surface area contributed by atoms with E-state index < -0.39 is 6.10 Å². The summed E-state index contributed by atoms with van der Waals surface area (Å²) in [6.45, 7) is 3.74. The standard InChI is InChI=1S/C9H18O3/c1-5-6-8(10)7(2)9(11-3)12-4/h5-10H,1-4H3/b6-5+/t7-,8+/m0/s1. The minimum Gasteiger partial charge on any atom is -0.389 e. The van der Waals surface area contributed by atoms with Crippen LogP contribution in [0.15, 0.2) is 12.2 Å². The minimum atomic E-state index is -0.514. The smallest absolute Gasteiger partial charge is 0.162 e. The summed E-state index contributed by atoms with van der Waals surface area (Å²) in [6, 6.07) is 0. The van der Waals surface area contributed by atoms with Crippen molar-refractivity contribution in [2.24, 2.45) is 5.92 Å². The maximum absolute atomic E-state index is 9.50. The van der Waals surface area contributed by atoms with E-state index in [2.05, 4.69) is 0 Å². The van der Waals surface area contributed by atoms with Crippen LogP contribution in [0.2, 0.25) is 0 Å². The first kappa shape index (κ1) is 11.6. The summed E-state index contributed by atoms with van der Waals surface area (Å²) < 4.78 is 10.0. The Hall–Kier alpha value is -0.380. The lowest BCUT2D eigenvalue weighted by molar-refractivity contribution is -0.149. The quantitative estimate of drug-likeness (QED) is 0.502. The maximum Gasteiger partial charge on any atom is 0.162 e. The first-order chi connectivity index (χ1) is 5.67. The van der Waals surface area contributed by atoms with Crippen LogP contribution in [0.25, 0.3) is 0 Å². The number of hydrogen-bond acceptors (Lipinski definition) is 3. The second kappa shape index (κ2) is 6.17. The Morgan fingerprint density at radius 2 is 1.75 bits per heavy atom. The molecule has 0 fully saturated rings. The molecule has 0 aromatic carbocycles. The average molecular weight is 174 g/mol. The van der Waals surface area contributed by atoms with Crippen molar-refractivity contribution in [2.75, 3.05) is 14.2 Å². The van der Waals surface area contributed by atoms with Crippen molar-refractivity contribution >= 4 is 0 Å². The Labute approximate surface area is 74.0 Å². The molecule has 0 heterocycles. The van der Waals surface area contributed by atoms with E-state index in [1.165, 1.54) is 0 Å². The lowest BCUT2D eigenvalue weighted by Gasteiger charge is -2.23. The van der Waals surface area contributed by atoms with Gasteiger partial charge in [-0.1, -0.05) is 19.1 Å². The molecule has 0 unspecified atom stereocenters. The highest BCUT2D eigenvalue weighted by Crippen LogP contribution is 2.13. The van der Waals surface area contributed by atoms with Crippen LogP contribution in [0.4, 0.5) is 0 Å². The molecule has 0 rings (SSSR count). The Balaban J connectivity index is 4.04. The Kier molecular flexibility index (Phi) is 5.98. The number of hydrogen-bond donors (Lipinski definition) is 1. The zero-order chi connectivity index (χ0) is 9.56. The van der Waals surface area contributed by atoms with Gasteiger partial charge >= 0.3 is 0 Å². The van der Waals surface area contributed by atoms with E-state index in [1.807, 2.05) is 19.9 Å². The minimum absolute atomic E-state index is 0.0591. The molecule has 0 amide bonds. The Morgan fingerprint density at radius 3 is 2.08 bits per heavy atom. The zero-order valence-electron chi connectivity index (χ0n) is 8.15. The SMILES string of the molecule is C/C=C/[C@@H](O)[C@H](C)C(OC)OC. The fourth-order valence-electron chi connectivity index (χ4n) is 1.06. The number of ether oxygens (including phenoxy) is 2. The van der Waals surface area contributed by atoms with Crippen molar-refractivity contribution in [1.82, 2.24) is 0 Å². The lowest BCUT2D eigenvalue weighted by atomic mass is 10.0. The van der Waals surface area contributed by atoms with Gasteiger partial charge < -0.3 is 14.6 Å². The van der Waals surface area contributed by atoms with Crippen molar-refractivity contribution in [2.45, 2.75) is 26.2 Å². The third-order valence-corrected chi connectivity index (χ3v) is 1.82. The van der Waals surface area contributed by atoms with Crippen LogP contribution in [0.1, 0.15) is 13.8 Å². The second-order valence-corrected chi connectivity index (χ2v) is 2.72. The first-order valence-corrected chi connectivity index (χ1v) is 4.03. The van der Waals surface area contributed by atoms with E-state index in [0.717, 1.165) is 0 Å². The average Bonchev–Trinajstić information content (AvgIpc) is 2.07. The second-order valence-electron chi connectivity index (χ2n) is 2.72. The molecule has 12 heavy (non-hydrogen) atoms. The van der Waals surface area contributed by atoms with E-state index in [4.69, 9.17) is 9.47 Å². The molecule has 0 aliphatic heterocycles. The molecular weight excluding hydrogens is 156 g/mol. The van der Waals surface area contributed by atoms with Crippen molar-refractivity contribution in [3.63, 3.8) is 0 Å². The number of rotatable bonds is 5. The number of allylic oxidation sites excluding steroid dienone is 1. The molecule has 0 aromatic heterocycles. The number of aliphatic hydroxyl groups is 1. The summed E-state index contributed by atoms with van der Waals surface area (Å²) in [7, 11) is 3.13. The molecule has 0 aliphatic rings. The van der Waals surface area contributed by atoms with E-state index in [0.29, 0.717) is 0 Å². The molecule has 0 aromatic rings. The van der Waals surface area contributed by atoms with Crippen LogP contribution >= 0.6 is 0 Å². The molecule has 0 bridgehead atoms. The fourth-order valence-corrected chi connectivity index (χ4v) is 1.06. The maximum atomic E-state index is 9.50. The molecule has 0 saturated carbocycles. The first-order valence-electron chi connectivity index (χ1n) is 4.03. The van der Waals surface area contributed by atoms with Crippen LogP contribution < -0.4 is 0 Å². The number of methoxy groups -OCH3 is 2. The van der Waals surface area contributed by atoms with E-state index in [9.17, 15) is 5.11 Å². The molecule has 3 heteroatoms. The van der Waals surface area contributed by atoms with Gasteiger partial charge in [0.15, 0.2) is 6.29 Å². The third-order valence-electron chi connectivity index (χ3n) is 1.82. The molecule has 0 saturated heterocycles. The normalized spacial score (nSPS) is 17.2. The fraction of sp³-hybridized carbons (Fsp3) is 0.778. The predicted molar refractivity (Wildman–Crippen MR) is 47.8 cm³/mol. The molecule has 2 atom stereocenters. The summed E-state index contributed by atoms with van der Waals surface area (Å²) in [5, 5.41) is 9.50. The summed E-state index contributed by atoms with van der Waals surface area (Å²) in [5.41, 5.74) is 0. The lowest BCUT2D eigenvalue weighted by Crippen LogP contribution is -2.31. The topological polar surface area (TPSA) is 38.7 Å². The Bertz CT molecular complexity index is 130. The van der Waals surface area contributed by atoms with Crippen molar-refractivity contribution in [3.8, 4) is 0 Å². The molecule has 72 valence electrons. The van der Waals surface area contributed by atoms with Crippen LogP contribution in [-0.2, 0) is 9.47 Å². The van der Waals surface area contributed by atoms with E-state index in [-0.39, 0.29) is 12.2 Å². The number of aliphatic hydroxyl groups excluding tert-OH is 1. The van der Waals surface area contributed by atoms with Crippen LogP contribution in [0, 0.1) is 5.92 Å². The summed E-state index contributed by atoms with van der Waals surface area (Å²) in [6.07, 6.45) is 2.66.